The molecular formula is C12H18N4O. The van der Waals surface area contributed by atoms with Crippen molar-refractivity contribution >= 4 is 5.91 Å². The predicted octanol–water partition coefficient (Wildman–Crippen LogP) is 1.77. The van der Waals surface area contributed by atoms with Crippen LogP contribution >= 0.6 is 0 Å². The SMILES string of the molecule is CCC(NC(=O)C(C#N)C(C)C)c1ncc[nH]1. The lowest BCUT2D eigenvalue weighted by Crippen LogP contribution is -2.35. The highest BCUT2D eigenvalue weighted by Gasteiger charge is 2.24. The molecule has 5 nitrogen and oxygen atoms in total. The van der Waals surface area contributed by atoms with Crippen LogP contribution in [0.3, 0.4) is 0 Å². The summed E-state index contributed by atoms with van der Waals surface area (Å²) >= 11 is 0. The standard InChI is InChI=1S/C12H18N4O/c1-4-10(11-14-5-6-15-11)16-12(17)9(7-13)8(2)3/h5-6,8-10H,4H2,1-3H3,(H,14,15)(H,16,17). The van der Waals surface area contributed by atoms with Gasteiger partial charge in [-0.05, 0) is 12.3 Å². The molecule has 1 amide bonds. The number of nitrogens with zero attached hydrogens (tertiary/aromatic N) is 2. The van der Waals surface area contributed by atoms with E-state index in [1.54, 1.807) is 12.4 Å². The smallest absolute Gasteiger partial charge is 0.238 e. The van der Waals surface area contributed by atoms with Crippen LogP contribution < -0.4 is 5.32 Å². The van der Waals surface area contributed by atoms with Crippen molar-refractivity contribution in [2.75, 3.05) is 0 Å². The second-order valence-electron chi connectivity index (χ2n) is 4.29. The van der Waals surface area contributed by atoms with Crippen LogP contribution in [0.5, 0.6) is 0 Å². The number of aromatic amines is 1. The molecule has 0 saturated carbocycles. The summed E-state index contributed by atoms with van der Waals surface area (Å²) in [6.45, 7) is 5.69. The van der Waals surface area contributed by atoms with Gasteiger partial charge in [0.1, 0.15) is 11.7 Å². The summed E-state index contributed by atoms with van der Waals surface area (Å²) in [5.41, 5.74) is 0. The van der Waals surface area contributed by atoms with Crippen molar-refractivity contribution < 1.29 is 4.79 Å². The summed E-state index contributed by atoms with van der Waals surface area (Å²) in [6, 6.07) is 1.87. The van der Waals surface area contributed by atoms with Gasteiger partial charge in [-0.2, -0.15) is 5.26 Å². The Bertz CT molecular complexity index is 391. The van der Waals surface area contributed by atoms with E-state index in [1.165, 1.54) is 0 Å². The number of hydrogen-bond donors (Lipinski definition) is 2. The Morgan fingerprint density at radius 1 is 1.65 bits per heavy atom. The zero-order valence-electron chi connectivity index (χ0n) is 10.4. The Balaban J connectivity index is 2.70. The molecule has 0 aliphatic heterocycles. The largest absolute Gasteiger partial charge is 0.347 e. The highest BCUT2D eigenvalue weighted by molar-refractivity contribution is 5.81. The Morgan fingerprint density at radius 2 is 2.35 bits per heavy atom. The third kappa shape index (κ3) is 3.31. The number of aromatic nitrogens is 2. The van der Waals surface area contributed by atoms with Gasteiger partial charge in [0, 0.05) is 12.4 Å². The van der Waals surface area contributed by atoms with Gasteiger partial charge in [0.2, 0.25) is 5.91 Å². The first-order valence-corrected chi connectivity index (χ1v) is 5.79. The van der Waals surface area contributed by atoms with Gasteiger partial charge in [0.15, 0.2) is 0 Å². The number of rotatable bonds is 5. The van der Waals surface area contributed by atoms with Gasteiger partial charge in [0.05, 0.1) is 12.1 Å². The number of carbonyl (C=O) groups excluding carboxylic acids is 1. The van der Waals surface area contributed by atoms with Crippen molar-refractivity contribution in [3.8, 4) is 6.07 Å². The summed E-state index contributed by atoms with van der Waals surface area (Å²) in [7, 11) is 0. The predicted molar refractivity (Wildman–Crippen MR) is 63.7 cm³/mol. The molecule has 1 aromatic rings. The van der Waals surface area contributed by atoms with Crippen LogP contribution in [0.1, 0.15) is 39.1 Å². The molecule has 0 aromatic carbocycles. The van der Waals surface area contributed by atoms with E-state index < -0.39 is 5.92 Å². The molecule has 1 aromatic heterocycles. The minimum Gasteiger partial charge on any atom is -0.347 e. The quantitative estimate of drug-likeness (QED) is 0.814. The number of carbonyl (C=O) groups is 1. The minimum absolute atomic E-state index is 0.00843. The Hall–Kier alpha value is -1.83. The van der Waals surface area contributed by atoms with Crippen LogP contribution in [0.15, 0.2) is 12.4 Å². The van der Waals surface area contributed by atoms with Crippen LogP contribution in [0.4, 0.5) is 0 Å². The van der Waals surface area contributed by atoms with Crippen LogP contribution in [-0.4, -0.2) is 15.9 Å². The number of amides is 1. The van der Waals surface area contributed by atoms with Gasteiger partial charge < -0.3 is 10.3 Å². The van der Waals surface area contributed by atoms with Gasteiger partial charge in [-0.1, -0.05) is 20.8 Å². The van der Waals surface area contributed by atoms with Crippen LogP contribution in [-0.2, 0) is 4.79 Å². The van der Waals surface area contributed by atoms with E-state index in [1.807, 2.05) is 26.8 Å². The highest BCUT2D eigenvalue weighted by Crippen LogP contribution is 2.15. The monoisotopic (exact) mass is 234 g/mol. The molecule has 92 valence electrons. The first kappa shape index (κ1) is 13.2. The first-order chi connectivity index (χ1) is 8.10. The molecule has 2 N–H and O–H groups in total. The molecule has 17 heavy (non-hydrogen) atoms. The topological polar surface area (TPSA) is 81.6 Å². The van der Waals surface area contributed by atoms with Crippen molar-refractivity contribution in [2.24, 2.45) is 11.8 Å². The fourth-order valence-electron chi connectivity index (χ4n) is 1.60. The van der Waals surface area contributed by atoms with Crippen molar-refractivity contribution in [2.45, 2.75) is 33.2 Å². The lowest BCUT2D eigenvalue weighted by atomic mass is 9.96. The molecule has 0 radical (unpaired) electrons. The van der Waals surface area contributed by atoms with Crippen LogP contribution in [0, 0.1) is 23.2 Å². The van der Waals surface area contributed by atoms with Crippen LogP contribution in [0.25, 0.3) is 0 Å². The molecule has 0 aliphatic rings. The molecule has 2 unspecified atom stereocenters. The maximum atomic E-state index is 11.9. The van der Waals surface area contributed by atoms with E-state index in [0.717, 1.165) is 12.2 Å². The van der Waals surface area contributed by atoms with Crippen molar-refractivity contribution in [1.82, 2.24) is 15.3 Å². The molecule has 0 spiro atoms. The number of nitrogens with one attached hydrogen (secondary N) is 2. The van der Waals surface area contributed by atoms with Gasteiger partial charge >= 0.3 is 0 Å². The highest BCUT2D eigenvalue weighted by atomic mass is 16.1. The maximum Gasteiger partial charge on any atom is 0.238 e. The molecule has 5 heteroatoms. The second kappa shape index (κ2) is 6.04. The average molecular weight is 234 g/mol. The summed E-state index contributed by atoms with van der Waals surface area (Å²) in [4.78, 5) is 19.0. The Kier molecular flexibility index (Phi) is 4.70. The van der Waals surface area contributed by atoms with Gasteiger partial charge in [0.25, 0.3) is 0 Å². The molecule has 1 heterocycles. The van der Waals surface area contributed by atoms with E-state index in [-0.39, 0.29) is 17.9 Å². The lowest BCUT2D eigenvalue weighted by Gasteiger charge is -2.18. The fourth-order valence-corrected chi connectivity index (χ4v) is 1.60. The third-order valence-electron chi connectivity index (χ3n) is 2.66. The number of imidazole rings is 1. The van der Waals surface area contributed by atoms with Gasteiger partial charge in [-0.15, -0.1) is 0 Å². The summed E-state index contributed by atoms with van der Waals surface area (Å²) < 4.78 is 0. The van der Waals surface area contributed by atoms with E-state index in [4.69, 9.17) is 5.26 Å². The summed E-state index contributed by atoms with van der Waals surface area (Å²) in [6.07, 6.45) is 4.10. The number of H-pyrrole nitrogens is 1. The maximum absolute atomic E-state index is 11.9. The molecule has 0 bridgehead atoms. The number of nitriles is 1. The minimum atomic E-state index is -0.612. The van der Waals surface area contributed by atoms with Crippen molar-refractivity contribution in [1.29, 1.82) is 5.26 Å². The van der Waals surface area contributed by atoms with E-state index in [2.05, 4.69) is 15.3 Å². The normalized spacial score (nSPS) is 14.1. The van der Waals surface area contributed by atoms with Gasteiger partial charge in [-0.3, -0.25) is 4.79 Å². The lowest BCUT2D eigenvalue weighted by molar-refractivity contribution is -0.125. The Morgan fingerprint density at radius 3 is 2.76 bits per heavy atom. The molecule has 0 aliphatic carbocycles. The van der Waals surface area contributed by atoms with Crippen molar-refractivity contribution in [3.05, 3.63) is 18.2 Å². The molecule has 1 rings (SSSR count). The zero-order valence-corrected chi connectivity index (χ0v) is 10.4. The van der Waals surface area contributed by atoms with E-state index in [9.17, 15) is 4.79 Å². The first-order valence-electron chi connectivity index (χ1n) is 5.79. The van der Waals surface area contributed by atoms with E-state index in [0.29, 0.717) is 0 Å². The fraction of sp³-hybridized carbons (Fsp3) is 0.583. The zero-order chi connectivity index (χ0) is 12.8. The van der Waals surface area contributed by atoms with Gasteiger partial charge in [-0.25, -0.2) is 4.98 Å². The molecular weight excluding hydrogens is 216 g/mol. The average Bonchev–Trinajstić information content (AvgIpc) is 2.79. The molecule has 0 saturated heterocycles. The molecule has 2 atom stereocenters. The second-order valence-corrected chi connectivity index (χ2v) is 4.29. The summed E-state index contributed by atoms with van der Waals surface area (Å²) in [5.74, 6) is -0.111. The summed E-state index contributed by atoms with van der Waals surface area (Å²) in [5, 5.41) is 11.8. The van der Waals surface area contributed by atoms with Crippen LogP contribution in [0.2, 0.25) is 0 Å². The Labute approximate surface area is 101 Å². The number of hydrogen-bond acceptors (Lipinski definition) is 3. The van der Waals surface area contributed by atoms with Crippen molar-refractivity contribution in [3.63, 3.8) is 0 Å². The van der Waals surface area contributed by atoms with E-state index >= 15 is 0 Å². The molecule has 0 fully saturated rings. The third-order valence-corrected chi connectivity index (χ3v) is 2.66.